The highest BCUT2D eigenvalue weighted by Crippen LogP contribution is 2.29. The van der Waals surface area contributed by atoms with Crippen LogP contribution < -0.4 is 11.1 Å². The molecule has 5 rings (SSSR count). The number of nitrogens with two attached hydrogens (primary N) is 1. The van der Waals surface area contributed by atoms with Crippen LogP contribution in [0.3, 0.4) is 0 Å². The van der Waals surface area contributed by atoms with Crippen LogP contribution in [0.15, 0.2) is 60.8 Å². The number of aryl methyl sites for hydroxylation is 1. The third-order valence-electron chi connectivity index (χ3n) is 5.40. The molecule has 11 heteroatoms. The van der Waals surface area contributed by atoms with Gasteiger partial charge in [0.05, 0.1) is 18.8 Å². The molecule has 172 valence electrons. The van der Waals surface area contributed by atoms with Crippen molar-refractivity contribution in [2.24, 2.45) is 7.05 Å². The summed E-state index contributed by atoms with van der Waals surface area (Å²) in [6.45, 7) is -1.09. The second kappa shape index (κ2) is 8.18. The first-order chi connectivity index (χ1) is 16.3. The standard InChI is InChI=1S/C23H20F2N8O/c1-32-22(28-17-8-6-14(7-9-17)18-10-11-27-21(26)29-18)30-19(31-32)15-2-4-16(5-3-15)20(34)33-12-23(24,25)13-33/h2-11H,12-13H2,1H3,(H2,26,27,29)(H,28,30,31). The van der Waals surface area contributed by atoms with Crippen molar-refractivity contribution >= 4 is 23.5 Å². The van der Waals surface area contributed by atoms with Crippen LogP contribution in [0.25, 0.3) is 22.6 Å². The van der Waals surface area contributed by atoms with E-state index in [1.165, 1.54) is 0 Å². The number of aromatic nitrogens is 5. The summed E-state index contributed by atoms with van der Waals surface area (Å²) >= 11 is 0. The number of rotatable bonds is 5. The third kappa shape index (κ3) is 4.27. The first-order valence-electron chi connectivity index (χ1n) is 10.4. The van der Waals surface area contributed by atoms with Crippen LogP contribution in [0.2, 0.25) is 0 Å². The summed E-state index contributed by atoms with van der Waals surface area (Å²) in [5.41, 5.74) is 9.13. The van der Waals surface area contributed by atoms with Crippen LogP contribution in [0, 0.1) is 0 Å². The largest absolute Gasteiger partial charge is 0.368 e. The van der Waals surface area contributed by atoms with Crippen molar-refractivity contribution in [1.82, 2.24) is 29.6 Å². The number of nitrogen functional groups attached to an aromatic ring is 1. The lowest BCUT2D eigenvalue weighted by molar-refractivity contribution is -0.113. The van der Waals surface area contributed by atoms with E-state index >= 15 is 0 Å². The topological polar surface area (TPSA) is 115 Å². The molecule has 3 N–H and O–H groups in total. The number of carbonyl (C=O) groups excluding carboxylic acids is 1. The smallest absolute Gasteiger partial charge is 0.282 e. The minimum atomic E-state index is -2.79. The van der Waals surface area contributed by atoms with Gasteiger partial charge in [0, 0.05) is 35.6 Å². The van der Waals surface area contributed by atoms with Crippen LogP contribution in [-0.2, 0) is 7.05 Å². The number of carbonyl (C=O) groups is 1. The van der Waals surface area contributed by atoms with Crippen LogP contribution in [-0.4, -0.2) is 54.6 Å². The number of likely N-dealkylation sites (tertiary alicyclic amines) is 1. The highest BCUT2D eigenvalue weighted by molar-refractivity contribution is 5.95. The van der Waals surface area contributed by atoms with Crippen molar-refractivity contribution in [3.05, 3.63) is 66.4 Å². The Labute approximate surface area is 193 Å². The van der Waals surface area contributed by atoms with Crippen molar-refractivity contribution in [2.75, 3.05) is 24.1 Å². The zero-order chi connectivity index (χ0) is 23.9. The van der Waals surface area contributed by atoms with E-state index in [1.807, 2.05) is 24.3 Å². The third-order valence-corrected chi connectivity index (χ3v) is 5.40. The van der Waals surface area contributed by atoms with Crippen molar-refractivity contribution in [3.63, 3.8) is 0 Å². The molecule has 2 aromatic carbocycles. The minimum Gasteiger partial charge on any atom is -0.368 e. The van der Waals surface area contributed by atoms with E-state index in [-0.39, 0.29) is 5.95 Å². The maximum absolute atomic E-state index is 13.0. The van der Waals surface area contributed by atoms with E-state index in [1.54, 1.807) is 48.3 Å². The Morgan fingerprint density at radius 1 is 1.00 bits per heavy atom. The molecular formula is C23H20F2N8O. The second-order valence-corrected chi connectivity index (χ2v) is 7.98. The molecule has 34 heavy (non-hydrogen) atoms. The number of hydrogen-bond acceptors (Lipinski definition) is 7. The number of alkyl halides is 2. The molecule has 3 heterocycles. The van der Waals surface area contributed by atoms with Crippen molar-refractivity contribution < 1.29 is 13.6 Å². The Morgan fingerprint density at radius 3 is 2.32 bits per heavy atom. The molecule has 4 aromatic rings. The van der Waals surface area contributed by atoms with Gasteiger partial charge in [-0.15, -0.1) is 5.10 Å². The van der Waals surface area contributed by atoms with E-state index in [0.29, 0.717) is 22.9 Å². The van der Waals surface area contributed by atoms with Crippen LogP contribution >= 0.6 is 0 Å². The molecule has 1 saturated heterocycles. The van der Waals surface area contributed by atoms with Gasteiger partial charge in [0.2, 0.25) is 11.9 Å². The summed E-state index contributed by atoms with van der Waals surface area (Å²) in [4.78, 5) is 26.1. The van der Waals surface area contributed by atoms with Crippen LogP contribution in [0.5, 0.6) is 0 Å². The summed E-state index contributed by atoms with van der Waals surface area (Å²) in [6, 6.07) is 16.0. The van der Waals surface area contributed by atoms with Crippen molar-refractivity contribution in [3.8, 4) is 22.6 Å². The van der Waals surface area contributed by atoms with Gasteiger partial charge in [-0.05, 0) is 30.3 Å². The number of benzene rings is 2. The summed E-state index contributed by atoms with van der Waals surface area (Å²) in [7, 11) is 1.76. The molecule has 1 fully saturated rings. The Morgan fingerprint density at radius 2 is 1.68 bits per heavy atom. The van der Waals surface area contributed by atoms with E-state index in [4.69, 9.17) is 5.73 Å². The fourth-order valence-corrected chi connectivity index (χ4v) is 3.60. The first-order valence-corrected chi connectivity index (χ1v) is 10.4. The van der Waals surface area contributed by atoms with Crippen molar-refractivity contribution in [1.29, 1.82) is 0 Å². The van der Waals surface area contributed by atoms with Crippen LogP contribution in [0.4, 0.5) is 26.4 Å². The normalized spacial score (nSPS) is 14.5. The molecule has 1 amide bonds. The Balaban J connectivity index is 1.28. The number of nitrogens with zero attached hydrogens (tertiary/aromatic N) is 6. The first kappa shape index (κ1) is 21.4. The zero-order valence-corrected chi connectivity index (χ0v) is 18.1. The molecular weight excluding hydrogens is 442 g/mol. The summed E-state index contributed by atoms with van der Waals surface area (Å²) < 4.78 is 27.7. The molecule has 0 bridgehead atoms. The van der Waals surface area contributed by atoms with Gasteiger partial charge in [-0.3, -0.25) is 4.79 Å². The summed E-state index contributed by atoms with van der Waals surface area (Å²) in [5.74, 6) is -2.00. The SMILES string of the molecule is Cn1nc(-c2ccc(C(=O)N3CC(F)(F)C3)cc2)nc1Nc1ccc(-c2ccnc(N)n2)cc1. The van der Waals surface area contributed by atoms with Gasteiger partial charge in [0.15, 0.2) is 5.82 Å². The fourth-order valence-electron chi connectivity index (χ4n) is 3.60. The minimum absolute atomic E-state index is 0.214. The quantitative estimate of drug-likeness (QED) is 0.467. The van der Waals surface area contributed by atoms with Gasteiger partial charge < -0.3 is 16.0 Å². The number of amides is 1. The van der Waals surface area contributed by atoms with Gasteiger partial charge >= 0.3 is 0 Å². The predicted octanol–water partition coefficient (Wildman–Crippen LogP) is 3.36. The predicted molar refractivity (Wildman–Crippen MR) is 122 cm³/mol. The van der Waals surface area contributed by atoms with Crippen LogP contribution in [0.1, 0.15) is 10.4 Å². The molecule has 0 aliphatic carbocycles. The lowest BCUT2D eigenvalue weighted by Crippen LogP contribution is -2.58. The highest BCUT2D eigenvalue weighted by atomic mass is 19.3. The molecule has 1 aliphatic rings. The number of hydrogen-bond donors (Lipinski definition) is 2. The molecule has 0 unspecified atom stereocenters. The molecule has 0 atom stereocenters. The van der Waals surface area contributed by atoms with Crippen molar-refractivity contribution in [2.45, 2.75) is 5.92 Å². The number of halogens is 2. The average Bonchev–Trinajstić information content (AvgIpc) is 3.17. The Bertz CT molecular complexity index is 1340. The van der Waals surface area contributed by atoms with Gasteiger partial charge in [-0.2, -0.15) is 4.98 Å². The second-order valence-electron chi connectivity index (χ2n) is 7.98. The van der Waals surface area contributed by atoms with Gasteiger partial charge in [-0.1, -0.05) is 24.3 Å². The zero-order valence-electron chi connectivity index (χ0n) is 18.1. The monoisotopic (exact) mass is 462 g/mol. The fraction of sp³-hybridized carbons (Fsp3) is 0.174. The lowest BCUT2D eigenvalue weighted by Gasteiger charge is -2.38. The van der Waals surface area contributed by atoms with Gasteiger partial charge in [0.25, 0.3) is 11.8 Å². The van der Waals surface area contributed by atoms with E-state index in [9.17, 15) is 13.6 Å². The molecule has 0 spiro atoms. The molecule has 9 nitrogen and oxygen atoms in total. The lowest BCUT2D eigenvalue weighted by atomic mass is 10.1. The molecule has 2 aromatic heterocycles. The maximum Gasteiger partial charge on any atom is 0.282 e. The van der Waals surface area contributed by atoms with E-state index < -0.39 is 24.9 Å². The summed E-state index contributed by atoms with van der Waals surface area (Å²) in [5, 5.41) is 7.65. The van der Waals surface area contributed by atoms with Gasteiger partial charge in [-0.25, -0.2) is 23.4 Å². The Kier molecular flexibility index (Phi) is 5.16. The molecule has 0 radical (unpaired) electrons. The molecule has 1 aliphatic heterocycles. The molecule has 0 saturated carbocycles. The average molecular weight is 462 g/mol. The van der Waals surface area contributed by atoms with E-state index in [2.05, 4.69) is 25.4 Å². The number of nitrogens with one attached hydrogen (secondary N) is 1. The summed E-state index contributed by atoms with van der Waals surface area (Å²) in [6.07, 6.45) is 1.61. The van der Waals surface area contributed by atoms with Gasteiger partial charge in [0.1, 0.15) is 0 Å². The Hall–Kier alpha value is -4.41. The van der Waals surface area contributed by atoms with E-state index in [0.717, 1.165) is 21.8 Å². The number of anilines is 3. The maximum atomic E-state index is 13.0. The highest BCUT2D eigenvalue weighted by Gasteiger charge is 2.46.